The lowest BCUT2D eigenvalue weighted by atomic mass is 10.1. The highest BCUT2D eigenvalue weighted by atomic mass is 16.6. The minimum atomic E-state index is -0.491. The van der Waals surface area contributed by atoms with Crippen LogP contribution < -0.4 is 10.6 Å². The summed E-state index contributed by atoms with van der Waals surface area (Å²) in [5, 5.41) is 16.8. The van der Waals surface area contributed by atoms with Gasteiger partial charge in [-0.2, -0.15) is 0 Å². The number of benzene rings is 1. The molecule has 1 aliphatic rings. The first kappa shape index (κ1) is 13.5. The van der Waals surface area contributed by atoms with Crippen LogP contribution in [0.2, 0.25) is 0 Å². The Hall–Kier alpha value is -1.95. The van der Waals surface area contributed by atoms with Crippen molar-refractivity contribution in [3.8, 4) is 0 Å². The molecule has 0 aliphatic carbocycles. The van der Waals surface area contributed by atoms with Gasteiger partial charge in [0.15, 0.2) is 0 Å². The van der Waals surface area contributed by atoms with E-state index in [1.165, 1.54) is 12.1 Å². The number of rotatable bonds is 4. The normalized spacial score (nSPS) is 18.3. The Morgan fingerprint density at radius 2 is 2.37 bits per heavy atom. The van der Waals surface area contributed by atoms with Gasteiger partial charge >= 0.3 is 0 Å². The second-order valence-electron chi connectivity index (χ2n) is 4.76. The quantitative estimate of drug-likeness (QED) is 0.635. The van der Waals surface area contributed by atoms with Crippen LogP contribution in [0.25, 0.3) is 0 Å². The molecule has 2 N–H and O–H groups in total. The van der Waals surface area contributed by atoms with E-state index < -0.39 is 4.92 Å². The zero-order chi connectivity index (χ0) is 13.8. The van der Waals surface area contributed by atoms with Crippen molar-refractivity contribution in [3.63, 3.8) is 0 Å². The highest BCUT2D eigenvalue weighted by molar-refractivity contribution is 5.96. The van der Waals surface area contributed by atoms with Crippen molar-refractivity contribution in [1.82, 2.24) is 10.6 Å². The predicted octanol–water partition coefficient (Wildman–Crippen LogP) is 1.39. The monoisotopic (exact) mass is 263 g/mol. The molecule has 0 bridgehead atoms. The van der Waals surface area contributed by atoms with Crippen LogP contribution in [0.15, 0.2) is 18.2 Å². The first-order valence-corrected chi connectivity index (χ1v) is 6.34. The van der Waals surface area contributed by atoms with Crippen molar-refractivity contribution >= 4 is 11.6 Å². The van der Waals surface area contributed by atoms with E-state index in [4.69, 9.17) is 0 Å². The van der Waals surface area contributed by atoms with Gasteiger partial charge in [-0.05, 0) is 31.9 Å². The van der Waals surface area contributed by atoms with Crippen LogP contribution in [-0.4, -0.2) is 30.0 Å². The van der Waals surface area contributed by atoms with E-state index in [-0.39, 0.29) is 11.6 Å². The van der Waals surface area contributed by atoms with Crippen molar-refractivity contribution < 1.29 is 9.72 Å². The summed E-state index contributed by atoms with van der Waals surface area (Å²) in [4.78, 5) is 22.3. The van der Waals surface area contributed by atoms with Gasteiger partial charge in [-0.3, -0.25) is 14.9 Å². The van der Waals surface area contributed by atoms with Gasteiger partial charge < -0.3 is 10.6 Å². The third kappa shape index (κ3) is 3.29. The van der Waals surface area contributed by atoms with E-state index in [9.17, 15) is 14.9 Å². The van der Waals surface area contributed by atoms with Gasteiger partial charge in [-0.15, -0.1) is 0 Å². The summed E-state index contributed by atoms with van der Waals surface area (Å²) < 4.78 is 0. The molecule has 1 heterocycles. The highest BCUT2D eigenvalue weighted by Crippen LogP contribution is 2.17. The van der Waals surface area contributed by atoms with E-state index in [1.54, 1.807) is 13.0 Å². The topological polar surface area (TPSA) is 84.3 Å². The van der Waals surface area contributed by atoms with E-state index >= 15 is 0 Å². The summed E-state index contributed by atoms with van der Waals surface area (Å²) in [5.74, 6) is -0.255. The molecule has 0 aromatic heterocycles. The second-order valence-corrected chi connectivity index (χ2v) is 4.76. The number of hydrogen-bond donors (Lipinski definition) is 2. The van der Waals surface area contributed by atoms with E-state index in [0.717, 1.165) is 24.9 Å². The SMILES string of the molecule is Cc1ccc([N+](=O)[O-])cc1C(=O)NCC1CCCN1. The Bertz CT molecular complexity index is 496. The fourth-order valence-corrected chi connectivity index (χ4v) is 2.21. The third-order valence-corrected chi connectivity index (χ3v) is 3.35. The number of non-ortho nitro benzene ring substituents is 1. The molecular weight excluding hydrogens is 246 g/mol. The van der Waals surface area contributed by atoms with Crippen molar-refractivity contribution in [3.05, 3.63) is 39.4 Å². The third-order valence-electron chi connectivity index (χ3n) is 3.35. The molecule has 1 aliphatic heterocycles. The molecule has 1 fully saturated rings. The Kier molecular flexibility index (Phi) is 4.11. The molecule has 6 heteroatoms. The minimum Gasteiger partial charge on any atom is -0.350 e. The van der Waals surface area contributed by atoms with Gasteiger partial charge in [-0.1, -0.05) is 6.07 Å². The largest absolute Gasteiger partial charge is 0.350 e. The average Bonchev–Trinajstić information content (AvgIpc) is 2.89. The molecule has 0 radical (unpaired) electrons. The Balaban J connectivity index is 2.04. The molecule has 1 amide bonds. The number of aryl methyl sites for hydroxylation is 1. The number of carbonyl (C=O) groups excluding carboxylic acids is 1. The van der Waals surface area contributed by atoms with Crippen molar-refractivity contribution in [1.29, 1.82) is 0 Å². The molecule has 1 atom stereocenters. The number of amides is 1. The lowest BCUT2D eigenvalue weighted by Gasteiger charge is -2.12. The van der Waals surface area contributed by atoms with Crippen LogP contribution in [0, 0.1) is 17.0 Å². The first-order chi connectivity index (χ1) is 9.08. The fraction of sp³-hybridized carbons (Fsp3) is 0.462. The van der Waals surface area contributed by atoms with Gasteiger partial charge in [0.1, 0.15) is 0 Å². The van der Waals surface area contributed by atoms with Gasteiger partial charge in [-0.25, -0.2) is 0 Å². The summed E-state index contributed by atoms with van der Waals surface area (Å²) in [6, 6.07) is 4.64. The zero-order valence-corrected chi connectivity index (χ0v) is 10.8. The Morgan fingerprint density at radius 3 is 3.00 bits per heavy atom. The van der Waals surface area contributed by atoms with Crippen molar-refractivity contribution in [2.45, 2.75) is 25.8 Å². The lowest BCUT2D eigenvalue weighted by Crippen LogP contribution is -2.37. The summed E-state index contributed by atoms with van der Waals surface area (Å²) in [6.07, 6.45) is 2.17. The smallest absolute Gasteiger partial charge is 0.270 e. The molecule has 2 rings (SSSR count). The van der Waals surface area contributed by atoms with Crippen LogP contribution in [-0.2, 0) is 0 Å². The molecule has 0 spiro atoms. The maximum Gasteiger partial charge on any atom is 0.270 e. The van der Waals surface area contributed by atoms with Crippen LogP contribution in [0.3, 0.4) is 0 Å². The molecular formula is C13H17N3O3. The van der Waals surface area contributed by atoms with Gasteiger partial charge in [0.25, 0.3) is 11.6 Å². The van der Waals surface area contributed by atoms with Gasteiger partial charge in [0.2, 0.25) is 0 Å². The number of hydrogen-bond acceptors (Lipinski definition) is 4. The maximum absolute atomic E-state index is 12.0. The number of nitrogens with one attached hydrogen (secondary N) is 2. The molecule has 1 aromatic carbocycles. The lowest BCUT2D eigenvalue weighted by molar-refractivity contribution is -0.384. The number of nitrogens with zero attached hydrogens (tertiary/aromatic N) is 1. The highest BCUT2D eigenvalue weighted by Gasteiger charge is 2.18. The molecule has 19 heavy (non-hydrogen) atoms. The standard InChI is InChI=1S/C13H17N3O3/c1-9-4-5-11(16(18)19)7-12(9)13(17)15-8-10-3-2-6-14-10/h4-5,7,10,14H,2-3,6,8H2,1H3,(H,15,17). The molecule has 1 saturated heterocycles. The molecule has 1 aromatic rings. The van der Waals surface area contributed by atoms with Gasteiger partial charge in [0, 0.05) is 30.3 Å². The first-order valence-electron chi connectivity index (χ1n) is 6.34. The average molecular weight is 263 g/mol. The summed E-state index contributed by atoms with van der Waals surface area (Å²) in [5.41, 5.74) is 1.05. The Morgan fingerprint density at radius 1 is 1.58 bits per heavy atom. The maximum atomic E-state index is 12.0. The predicted molar refractivity (Wildman–Crippen MR) is 71.2 cm³/mol. The number of nitro groups is 1. The molecule has 102 valence electrons. The van der Waals surface area contributed by atoms with E-state index in [1.807, 2.05) is 0 Å². The second kappa shape index (κ2) is 5.79. The van der Waals surface area contributed by atoms with Crippen molar-refractivity contribution in [2.75, 3.05) is 13.1 Å². The van der Waals surface area contributed by atoms with Crippen LogP contribution in [0.5, 0.6) is 0 Å². The number of nitro benzene ring substituents is 1. The van der Waals surface area contributed by atoms with E-state index in [2.05, 4.69) is 10.6 Å². The molecule has 6 nitrogen and oxygen atoms in total. The van der Waals surface area contributed by atoms with Crippen molar-refractivity contribution in [2.24, 2.45) is 0 Å². The number of carbonyl (C=O) groups is 1. The van der Waals surface area contributed by atoms with Crippen LogP contribution in [0.1, 0.15) is 28.8 Å². The molecule has 1 unspecified atom stereocenters. The zero-order valence-electron chi connectivity index (χ0n) is 10.8. The van der Waals surface area contributed by atoms with Crippen LogP contribution in [0.4, 0.5) is 5.69 Å². The minimum absolute atomic E-state index is 0.0604. The summed E-state index contributed by atoms with van der Waals surface area (Å²) >= 11 is 0. The fourth-order valence-electron chi connectivity index (χ4n) is 2.21. The summed E-state index contributed by atoms with van der Waals surface area (Å²) in [7, 11) is 0. The molecule has 0 saturated carbocycles. The Labute approximate surface area is 111 Å². The van der Waals surface area contributed by atoms with E-state index in [0.29, 0.717) is 18.2 Å². The van der Waals surface area contributed by atoms with Gasteiger partial charge in [0.05, 0.1) is 4.92 Å². The van der Waals surface area contributed by atoms with Crippen LogP contribution >= 0.6 is 0 Å². The summed E-state index contributed by atoms with van der Waals surface area (Å²) in [6.45, 7) is 3.31.